The Kier molecular flexibility index (Phi) is 8.80. The van der Waals surface area contributed by atoms with Crippen LogP contribution >= 0.6 is 23.4 Å². The third kappa shape index (κ3) is 6.29. The highest BCUT2D eigenvalue weighted by molar-refractivity contribution is 7.99. The van der Waals surface area contributed by atoms with Crippen LogP contribution < -0.4 is 9.64 Å². The van der Waals surface area contributed by atoms with E-state index in [0.717, 1.165) is 0 Å². The third-order valence-electron chi connectivity index (χ3n) is 5.63. The third-order valence-corrected chi connectivity index (χ3v) is 6.66. The number of hydrogen-bond acceptors (Lipinski definition) is 7. The number of rotatable bonds is 8. The zero-order valence-electron chi connectivity index (χ0n) is 19.5. The fraction of sp³-hybridized carbons (Fsp3) is 0.478. The highest BCUT2D eigenvalue weighted by atomic mass is 35.5. The molecule has 0 aliphatic carbocycles. The van der Waals surface area contributed by atoms with Crippen molar-refractivity contribution in [1.29, 1.82) is 0 Å². The van der Waals surface area contributed by atoms with Gasteiger partial charge in [-0.05, 0) is 39.0 Å². The lowest BCUT2D eigenvalue weighted by molar-refractivity contribution is -0.127. The minimum absolute atomic E-state index is 0.0204. The molecule has 0 N–H and O–H groups in total. The van der Waals surface area contributed by atoms with E-state index in [1.54, 1.807) is 30.2 Å². The number of benzene rings is 1. The first-order chi connectivity index (χ1) is 15.9. The Labute approximate surface area is 204 Å². The number of hydrogen-bond donors (Lipinski definition) is 0. The number of carbonyl (C=O) groups is 2. The molecule has 0 bridgehead atoms. The Balaban J connectivity index is 1.66. The molecule has 3 rings (SSSR count). The van der Waals surface area contributed by atoms with Crippen molar-refractivity contribution in [1.82, 2.24) is 19.8 Å². The number of aromatic nitrogens is 2. The van der Waals surface area contributed by atoms with Gasteiger partial charge < -0.3 is 19.4 Å². The summed E-state index contributed by atoms with van der Waals surface area (Å²) in [6, 6.07) is 8.91. The molecule has 1 aliphatic heterocycles. The smallest absolute Gasteiger partial charge is 0.254 e. The summed E-state index contributed by atoms with van der Waals surface area (Å²) in [5.41, 5.74) is 0.608. The van der Waals surface area contributed by atoms with E-state index in [1.165, 1.54) is 11.8 Å². The van der Waals surface area contributed by atoms with Crippen molar-refractivity contribution in [2.75, 3.05) is 50.5 Å². The number of halogens is 1. The SMILES string of the molecule is CCN(CC)C(=O)CSc1nc(Cl)cc(N2CCN(C(=O)c3cccc(OC)c3)C(C)C2)n1. The number of piperazine rings is 1. The molecule has 0 saturated carbocycles. The summed E-state index contributed by atoms with van der Waals surface area (Å²) in [6.45, 7) is 9.08. The maximum atomic E-state index is 13.0. The minimum Gasteiger partial charge on any atom is -0.497 e. The maximum absolute atomic E-state index is 13.0. The zero-order chi connectivity index (χ0) is 24.0. The van der Waals surface area contributed by atoms with E-state index in [9.17, 15) is 9.59 Å². The van der Waals surface area contributed by atoms with E-state index < -0.39 is 0 Å². The van der Waals surface area contributed by atoms with Gasteiger partial charge in [-0.3, -0.25) is 9.59 Å². The second-order valence-corrected chi connectivity index (χ2v) is 9.04. The van der Waals surface area contributed by atoms with Gasteiger partial charge in [-0.25, -0.2) is 9.97 Å². The lowest BCUT2D eigenvalue weighted by Gasteiger charge is -2.40. The molecule has 0 radical (unpaired) electrons. The summed E-state index contributed by atoms with van der Waals surface area (Å²) >= 11 is 7.55. The topological polar surface area (TPSA) is 78.9 Å². The summed E-state index contributed by atoms with van der Waals surface area (Å²) in [4.78, 5) is 40.0. The highest BCUT2D eigenvalue weighted by Crippen LogP contribution is 2.25. The quantitative estimate of drug-likeness (QED) is 0.318. The van der Waals surface area contributed by atoms with Crippen LogP contribution in [0.1, 0.15) is 31.1 Å². The van der Waals surface area contributed by atoms with E-state index in [4.69, 9.17) is 16.3 Å². The van der Waals surface area contributed by atoms with Crippen molar-refractivity contribution in [3.8, 4) is 5.75 Å². The molecule has 1 aromatic carbocycles. The number of ether oxygens (including phenoxy) is 1. The fourth-order valence-corrected chi connectivity index (χ4v) is 4.78. The maximum Gasteiger partial charge on any atom is 0.254 e. The first kappa shape index (κ1) is 25.1. The minimum atomic E-state index is -0.0217. The molecule has 33 heavy (non-hydrogen) atoms. The summed E-state index contributed by atoms with van der Waals surface area (Å²) in [5.74, 6) is 1.66. The van der Waals surface area contributed by atoms with Gasteiger partial charge in [0.2, 0.25) is 5.91 Å². The first-order valence-electron chi connectivity index (χ1n) is 11.0. The monoisotopic (exact) mass is 491 g/mol. The molecular weight excluding hydrogens is 462 g/mol. The number of amides is 2. The molecule has 10 heteroatoms. The van der Waals surface area contributed by atoms with Crippen LogP contribution in [0.2, 0.25) is 5.15 Å². The lowest BCUT2D eigenvalue weighted by atomic mass is 10.1. The van der Waals surface area contributed by atoms with Crippen LogP contribution in [0.25, 0.3) is 0 Å². The van der Waals surface area contributed by atoms with Crippen molar-refractivity contribution < 1.29 is 14.3 Å². The molecular formula is C23H30ClN5O3S. The van der Waals surface area contributed by atoms with Gasteiger partial charge in [-0.2, -0.15) is 0 Å². The average Bonchev–Trinajstić information content (AvgIpc) is 2.82. The molecule has 1 aromatic heterocycles. The van der Waals surface area contributed by atoms with Gasteiger partial charge in [-0.1, -0.05) is 29.4 Å². The molecule has 178 valence electrons. The van der Waals surface area contributed by atoms with E-state index in [1.807, 2.05) is 37.8 Å². The fourth-order valence-electron chi connectivity index (χ4n) is 3.80. The van der Waals surface area contributed by atoms with Crippen LogP contribution in [-0.2, 0) is 4.79 Å². The van der Waals surface area contributed by atoms with Crippen LogP contribution in [0.3, 0.4) is 0 Å². The molecule has 2 amide bonds. The number of nitrogens with zero attached hydrogens (tertiary/aromatic N) is 5. The van der Waals surface area contributed by atoms with Crippen LogP contribution in [0.15, 0.2) is 35.5 Å². The Hall–Kier alpha value is -2.52. The molecule has 1 fully saturated rings. The Bertz CT molecular complexity index is 988. The summed E-state index contributed by atoms with van der Waals surface area (Å²) in [5, 5.41) is 0.806. The largest absolute Gasteiger partial charge is 0.497 e. The molecule has 0 spiro atoms. The number of anilines is 1. The average molecular weight is 492 g/mol. The van der Waals surface area contributed by atoms with E-state index in [0.29, 0.717) is 60.2 Å². The molecule has 1 aliphatic rings. The highest BCUT2D eigenvalue weighted by Gasteiger charge is 2.29. The van der Waals surface area contributed by atoms with Gasteiger partial charge in [0.15, 0.2) is 5.16 Å². The van der Waals surface area contributed by atoms with Gasteiger partial charge in [0, 0.05) is 50.4 Å². The molecule has 1 unspecified atom stereocenters. The predicted octanol–water partition coefficient (Wildman–Crippen LogP) is 3.45. The number of methoxy groups -OCH3 is 1. The van der Waals surface area contributed by atoms with Gasteiger partial charge in [0.1, 0.15) is 16.7 Å². The van der Waals surface area contributed by atoms with E-state index in [2.05, 4.69) is 14.9 Å². The van der Waals surface area contributed by atoms with Crippen molar-refractivity contribution in [2.45, 2.75) is 32.0 Å². The normalized spacial score (nSPS) is 16.0. The molecule has 8 nitrogen and oxygen atoms in total. The predicted molar refractivity (Wildman–Crippen MR) is 131 cm³/mol. The van der Waals surface area contributed by atoms with Crippen LogP contribution in [0.5, 0.6) is 5.75 Å². The summed E-state index contributed by atoms with van der Waals surface area (Å²) < 4.78 is 5.25. The van der Waals surface area contributed by atoms with Crippen molar-refractivity contribution >= 4 is 41.0 Å². The molecule has 2 aromatic rings. The van der Waals surface area contributed by atoms with Gasteiger partial charge in [-0.15, -0.1) is 0 Å². The van der Waals surface area contributed by atoms with E-state index >= 15 is 0 Å². The second-order valence-electron chi connectivity index (χ2n) is 7.71. The zero-order valence-corrected chi connectivity index (χ0v) is 21.0. The summed E-state index contributed by atoms with van der Waals surface area (Å²) in [6.07, 6.45) is 0. The molecule has 1 saturated heterocycles. The van der Waals surface area contributed by atoms with Crippen LogP contribution in [-0.4, -0.2) is 83.2 Å². The molecule has 1 atom stereocenters. The second kappa shape index (κ2) is 11.6. The number of carbonyl (C=O) groups excluding carboxylic acids is 2. The Morgan fingerprint density at radius 2 is 1.97 bits per heavy atom. The van der Waals surface area contributed by atoms with Crippen molar-refractivity contribution in [3.05, 3.63) is 41.0 Å². The van der Waals surface area contributed by atoms with E-state index in [-0.39, 0.29) is 23.6 Å². The standard InChI is InChI=1S/C23H30ClN5O3S/c1-5-27(6-2)21(30)15-33-23-25-19(24)13-20(26-23)28-10-11-29(16(3)14-28)22(31)17-8-7-9-18(12-17)32-4/h7-9,12-13,16H,5-6,10-11,14-15H2,1-4H3. The Morgan fingerprint density at radius 1 is 1.21 bits per heavy atom. The van der Waals surface area contributed by atoms with Gasteiger partial charge in [0.05, 0.1) is 12.9 Å². The number of thioether (sulfide) groups is 1. The summed E-state index contributed by atoms with van der Waals surface area (Å²) in [7, 11) is 1.59. The van der Waals surface area contributed by atoms with Gasteiger partial charge >= 0.3 is 0 Å². The van der Waals surface area contributed by atoms with Crippen LogP contribution in [0.4, 0.5) is 5.82 Å². The van der Waals surface area contributed by atoms with Crippen molar-refractivity contribution in [3.63, 3.8) is 0 Å². The molecule has 2 heterocycles. The first-order valence-corrected chi connectivity index (χ1v) is 12.4. The lowest BCUT2D eigenvalue weighted by Crippen LogP contribution is -2.54. The Morgan fingerprint density at radius 3 is 2.64 bits per heavy atom. The van der Waals surface area contributed by atoms with Crippen molar-refractivity contribution in [2.24, 2.45) is 0 Å². The van der Waals surface area contributed by atoms with Gasteiger partial charge in [0.25, 0.3) is 5.91 Å². The van der Waals surface area contributed by atoms with Crippen LogP contribution in [0, 0.1) is 0 Å².